The highest BCUT2D eigenvalue weighted by Crippen LogP contribution is 2.29. The fourth-order valence-corrected chi connectivity index (χ4v) is 4.52. The third-order valence-corrected chi connectivity index (χ3v) is 5.66. The van der Waals surface area contributed by atoms with Crippen molar-refractivity contribution in [3.63, 3.8) is 0 Å². The van der Waals surface area contributed by atoms with Crippen LogP contribution >= 0.6 is 0 Å². The van der Waals surface area contributed by atoms with Gasteiger partial charge in [0.25, 0.3) is 0 Å². The summed E-state index contributed by atoms with van der Waals surface area (Å²) < 4.78 is 26.9. The first-order valence-corrected chi connectivity index (χ1v) is 8.17. The Kier molecular flexibility index (Phi) is 4.76. The Morgan fingerprint density at radius 1 is 1.30 bits per heavy atom. The highest BCUT2D eigenvalue weighted by atomic mass is 32.2. The second-order valence-corrected chi connectivity index (χ2v) is 6.74. The highest BCUT2D eigenvalue weighted by Gasteiger charge is 2.34. The first-order valence-electron chi connectivity index (χ1n) is 6.73. The summed E-state index contributed by atoms with van der Waals surface area (Å²) in [6.07, 6.45) is 3.63. The molecule has 0 aromatic heterocycles. The van der Waals surface area contributed by atoms with Crippen LogP contribution in [-0.4, -0.2) is 37.0 Å². The molecule has 0 bridgehead atoms. The third kappa shape index (κ3) is 2.85. The molecule has 0 aliphatic heterocycles. The summed E-state index contributed by atoms with van der Waals surface area (Å²) in [6, 6.07) is 8.05. The minimum atomic E-state index is -3.74. The van der Waals surface area contributed by atoms with Gasteiger partial charge in [0.2, 0.25) is 10.0 Å². The Labute approximate surface area is 119 Å². The molecule has 0 heterocycles. The Bertz CT molecular complexity index is 601. The van der Waals surface area contributed by atoms with E-state index in [0.717, 1.165) is 25.7 Å². The Morgan fingerprint density at radius 2 is 1.95 bits per heavy atom. The van der Waals surface area contributed by atoms with Crippen molar-refractivity contribution in [2.75, 3.05) is 13.2 Å². The molecule has 6 heteroatoms. The number of hydrogen-bond acceptors (Lipinski definition) is 4. The van der Waals surface area contributed by atoms with E-state index in [1.807, 2.05) is 6.07 Å². The Morgan fingerprint density at radius 3 is 2.55 bits per heavy atom. The molecule has 0 radical (unpaired) electrons. The van der Waals surface area contributed by atoms with Gasteiger partial charge in [-0.15, -0.1) is 0 Å². The fraction of sp³-hybridized carbons (Fsp3) is 0.500. The number of nitriles is 1. The van der Waals surface area contributed by atoms with Crippen LogP contribution in [-0.2, 0) is 10.0 Å². The first-order chi connectivity index (χ1) is 9.61. The van der Waals surface area contributed by atoms with Gasteiger partial charge in [-0.2, -0.15) is 9.57 Å². The zero-order chi connectivity index (χ0) is 14.6. The first kappa shape index (κ1) is 15.0. The zero-order valence-corrected chi connectivity index (χ0v) is 12.0. The van der Waals surface area contributed by atoms with Crippen LogP contribution in [0.1, 0.15) is 31.2 Å². The Hall–Kier alpha value is -1.42. The predicted molar refractivity (Wildman–Crippen MR) is 74.4 cm³/mol. The van der Waals surface area contributed by atoms with E-state index in [-0.39, 0.29) is 29.7 Å². The van der Waals surface area contributed by atoms with Gasteiger partial charge in [-0.1, -0.05) is 25.0 Å². The lowest BCUT2D eigenvalue weighted by Crippen LogP contribution is -2.40. The molecule has 20 heavy (non-hydrogen) atoms. The summed E-state index contributed by atoms with van der Waals surface area (Å²) in [7, 11) is -3.74. The zero-order valence-electron chi connectivity index (χ0n) is 11.2. The minimum Gasteiger partial charge on any atom is -0.395 e. The van der Waals surface area contributed by atoms with Crippen molar-refractivity contribution in [2.24, 2.45) is 0 Å². The summed E-state index contributed by atoms with van der Waals surface area (Å²) in [5.41, 5.74) is 0.147. The molecule has 1 aliphatic carbocycles. The summed E-state index contributed by atoms with van der Waals surface area (Å²) >= 11 is 0. The average Bonchev–Trinajstić information content (AvgIpc) is 2.98. The monoisotopic (exact) mass is 294 g/mol. The highest BCUT2D eigenvalue weighted by molar-refractivity contribution is 7.89. The lowest BCUT2D eigenvalue weighted by Gasteiger charge is -2.27. The summed E-state index contributed by atoms with van der Waals surface area (Å²) in [6.45, 7) is -0.142. The van der Waals surface area contributed by atoms with E-state index in [9.17, 15) is 8.42 Å². The van der Waals surface area contributed by atoms with Gasteiger partial charge in [0.1, 0.15) is 6.07 Å². The quantitative estimate of drug-likeness (QED) is 0.892. The van der Waals surface area contributed by atoms with Gasteiger partial charge < -0.3 is 5.11 Å². The number of aliphatic hydroxyl groups excluding tert-OH is 1. The van der Waals surface area contributed by atoms with E-state index in [4.69, 9.17) is 10.4 Å². The van der Waals surface area contributed by atoms with Crippen molar-refractivity contribution >= 4 is 10.0 Å². The minimum absolute atomic E-state index is 0.0304. The second kappa shape index (κ2) is 6.35. The van der Waals surface area contributed by atoms with E-state index in [0.29, 0.717) is 0 Å². The summed E-state index contributed by atoms with van der Waals surface area (Å²) in [5.74, 6) is 0. The average molecular weight is 294 g/mol. The van der Waals surface area contributed by atoms with Crippen LogP contribution < -0.4 is 0 Å². The van der Waals surface area contributed by atoms with Crippen molar-refractivity contribution in [1.29, 1.82) is 5.26 Å². The molecule has 5 nitrogen and oxygen atoms in total. The largest absolute Gasteiger partial charge is 0.395 e. The molecular formula is C14H18N2O3S. The molecule has 0 saturated heterocycles. The van der Waals surface area contributed by atoms with Gasteiger partial charge in [0.15, 0.2) is 0 Å². The molecule has 0 unspecified atom stereocenters. The molecule has 0 amide bonds. The van der Waals surface area contributed by atoms with Crippen molar-refractivity contribution in [2.45, 2.75) is 36.6 Å². The predicted octanol–water partition coefficient (Wildman–Crippen LogP) is 1.48. The molecule has 1 saturated carbocycles. The van der Waals surface area contributed by atoms with E-state index in [1.54, 1.807) is 12.1 Å². The van der Waals surface area contributed by atoms with E-state index in [1.165, 1.54) is 16.4 Å². The van der Waals surface area contributed by atoms with Crippen LogP contribution in [0.15, 0.2) is 29.2 Å². The molecule has 1 fully saturated rings. The SMILES string of the molecule is N#Cc1ccccc1S(=O)(=O)N(CCO)C1CCCC1. The molecule has 0 spiro atoms. The van der Waals surface area contributed by atoms with Crippen LogP contribution in [0.4, 0.5) is 0 Å². The second-order valence-electron chi connectivity index (χ2n) is 4.89. The van der Waals surface area contributed by atoms with Crippen LogP contribution in [0, 0.1) is 11.3 Å². The van der Waals surface area contributed by atoms with Gasteiger partial charge in [0.05, 0.1) is 17.1 Å². The van der Waals surface area contributed by atoms with Gasteiger partial charge in [-0.05, 0) is 25.0 Å². The maximum absolute atomic E-state index is 12.8. The summed E-state index contributed by atoms with van der Waals surface area (Å²) in [5, 5.41) is 18.2. The number of aliphatic hydroxyl groups is 1. The van der Waals surface area contributed by atoms with Crippen LogP contribution in [0.25, 0.3) is 0 Å². The lowest BCUT2D eigenvalue weighted by molar-refractivity contribution is 0.226. The van der Waals surface area contributed by atoms with E-state index < -0.39 is 10.0 Å². The van der Waals surface area contributed by atoms with Gasteiger partial charge in [0, 0.05) is 12.6 Å². The lowest BCUT2D eigenvalue weighted by atomic mass is 10.2. The maximum atomic E-state index is 12.8. The van der Waals surface area contributed by atoms with E-state index >= 15 is 0 Å². The summed E-state index contributed by atoms with van der Waals surface area (Å²) in [4.78, 5) is 0.0304. The smallest absolute Gasteiger partial charge is 0.244 e. The Balaban J connectivity index is 2.42. The van der Waals surface area contributed by atoms with Gasteiger partial charge in [-0.3, -0.25) is 0 Å². The molecule has 1 aromatic carbocycles. The van der Waals surface area contributed by atoms with Gasteiger partial charge in [-0.25, -0.2) is 8.42 Å². The maximum Gasteiger partial charge on any atom is 0.244 e. The number of nitrogens with zero attached hydrogens (tertiary/aromatic N) is 2. The van der Waals surface area contributed by atoms with Crippen molar-refractivity contribution < 1.29 is 13.5 Å². The molecule has 1 aliphatic rings. The number of hydrogen-bond donors (Lipinski definition) is 1. The number of rotatable bonds is 5. The van der Waals surface area contributed by atoms with Gasteiger partial charge >= 0.3 is 0 Å². The van der Waals surface area contributed by atoms with Crippen LogP contribution in [0.2, 0.25) is 0 Å². The molecule has 0 atom stereocenters. The normalized spacial score (nSPS) is 16.4. The molecule has 1 N–H and O–H groups in total. The third-order valence-electron chi connectivity index (χ3n) is 3.65. The molecular weight excluding hydrogens is 276 g/mol. The number of benzene rings is 1. The molecule has 2 rings (SSSR count). The fourth-order valence-electron chi connectivity index (χ4n) is 2.70. The van der Waals surface area contributed by atoms with Crippen molar-refractivity contribution in [3.05, 3.63) is 29.8 Å². The van der Waals surface area contributed by atoms with Crippen molar-refractivity contribution in [1.82, 2.24) is 4.31 Å². The van der Waals surface area contributed by atoms with E-state index in [2.05, 4.69) is 0 Å². The van der Waals surface area contributed by atoms with Crippen molar-refractivity contribution in [3.8, 4) is 6.07 Å². The molecule has 108 valence electrons. The van der Waals surface area contributed by atoms with Crippen LogP contribution in [0.5, 0.6) is 0 Å². The standard InChI is InChI=1S/C14H18N2O3S/c15-11-12-5-1-4-8-14(12)20(18,19)16(9-10-17)13-6-2-3-7-13/h1,4-5,8,13,17H,2-3,6-7,9-10H2. The topological polar surface area (TPSA) is 81.4 Å². The van der Waals surface area contributed by atoms with Crippen LogP contribution in [0.3, 0.4) is 0 Å². The number of sulfonamides is 1. The molecule has 1 aromatic rings.